The number of hydrogen-bond acceptors (Lipinski definition) is 3. The maximum Gasteiger partial charge on any atom is 0.311 e. The molecule has 2 aromatic carbocycles. The lowest BCUT2D eigenvalue weighted by Gasteiger charge is -2.09. The number of nitro groups is 1. The highest BCUT2D eigenvalue weighted by Crippen LogP contribution is 2.32. The number of nitrogens with zero attached hydrogens (tertiary/aromatic N) is 1. The Hall–Kier alpha value is -2.07. The van der Waals surface area contributed by atoms with Gasteiger partial charge in [0.15, 0.2) is 0 Å². The number of benzene rings is 2. The van der Waals surface area contributed by atoms with Crippen molar-refractivity contribution in [3.63, 3.8) is 0 Å². The number of nitro benzene ring substituents is 1. The molecule has 4 nitrogen and oxygen atoms in total. The molecule has 2 rings (SSSR count). The zero-order chi connectivity index (χ0) is 13.0. The number of hydrogen-bond donors (Lipinski definition) is 0. The molecule has 0 aliphatic heterocycles. The van der Waals surface area contributed by atoms with E-state index in [0.29, 0.717) is 5.75 Å². The second kappa shape index (κ2) is 5.51. The Kier molecular flexibility index (Phi) is 3.79. The minimum Gasteiger partial charge on any atom is -0.450 e. The van der Waals surface area contributed by atoms with Crippen LogP contribution >= 0.6 is 11.6 Å². The van der Waals surface area contributed by atoms with Crippen LogP contribution in [0.5, 0.6) is 11.5 Å². The zero-order valence-corrected chi connectivity index (χ0v) is 10.1. The predicted molar refractivity (Wildman–Crippen MR) is 69.2 cm³/mol. The first-order chi connectivity index (χ1) is 8.72. The lowest BCUT2D eigenvalue weighted by atomic mass is 10.2. The van der Waals surface area contributed by atoms with Gasteiger partial charge in [0, 0.05) is 11.6 Å². The van der Waals surface area contributed by atoms with E-state index >= 15 is 0 Å². The van der Waals surface area contributed by atoms with E-state index in [4.69, 9.17) is 16.3 Å². The van der Waals surface area contributed by atoms with Crippen LogP contribution < -0.4 is 4.74 Å². The van der Waals surface area contributed by atoms with E-state index < -0.39 is 4.92 Å². The summed E-state index contributed by atoms with van der Waals surface area (Å²) in [5.74, 6) is 1.03. The molecule has 0 spiro atoms. The van der Waals surface area contributed by atoms with Crippen molar-refractivity contribution in [2.24, 2.45) is 0 Å². The number of rotatable bonds is 4. The van der Waals surface area contributed by atoms with Crippen LogP contribution in [0.2, 0.25) is 0 Å². The molecule has 0 radical (unpaired) electrons. The summed E-state index contributed by atoms with van der Waals surface area (Å²) in [5, 5.41) is 10.9. The van der Waals surface area contributed by atoms with Gasteiger partial charge in [-0.25, -0.2) is 0 Å². The van der Waals surface area contributed by atoms with Crippen LogP contribution in [0.1, 0.15) is 5.56 Å². The molecule has 92 valence electrons. The van der Waals surface area contributed by atoms with Crippen LogP contribution in [0.15, 0.2) is 48.5 Å². The van der Waals surface area contributed by atoms with Crippen molar-refractivity contribution in [3.05, 3.63) is 64.2 Å². The average molecular weight is 264 g/mol. The standard InChI is InChI=1S/C13H10ClNO3/c14-9-10-5-1-3-7-12(10)18-13-8-4-2-6-11(13)15(16)17/h1-8H,9H2. The molecule has 2 aromatic rings. The first kappa shape index (κ1) is 12.4. The van der Waals surface area contributed by atoms with E-state index in [0.717, 1.165) is 5.56 Å². The number of halogens is 1. The van der Waals surface area contributed by atoms with E-state index in [-0.39, 0.29) is 17.3 Å². The van der Waals surface area contributed by atoms with Crippen molar-refractivity contribution in [3.8, 4) is 11.5 Å². The van der Waals surface area contributed by atoms with Gasteiger partial charge in [-0.05, 0) is 12.1 Å². The van der Waals surface area contributed by atoms with Crippen molar-refractivity contribution in [1.82, 2.24) is 0 Å². The molecule has 0 unspecified atom stereocenters. The van der Waals surface area contributed by atoms with Crippen LogP contribution in [0.25, 0.3) is 0 Å². The van der Waals surface area contributed by atoms with Crippen molar-refractivity contribution in [2.75, 3.05) is 0 Å². The molecule has 0 aromatic heterocycles. The molecular weight excluding hydrogens is 254 g/mol. The second-order valence-corrected chi connectivity index (χ2v) is 3.84. The monoisotopic (exact) mass is 263 g/mol. The maximum absolute atomic E-state index is 10.9. The van der Waals surface area contributed by atoms with Gasteiger partial charge in [-0.1, -0.05) is 30.3 Å². The molecule has 18 heavy (non-hydrogen) atoms. The average Bonchev–Trinajstić information content (AvgIpc) is 2.40. The van der Waals surface area contributed by atoms with Gasteiger partial charge >= 0.3 is 5.69 Å². The molecule has 0 fully saturated rings. The molecule has 0 bridgehead atoms. The first-order valence-electron chi connectivity index (χ1n) is 5.27. The fourth-order valence-electron chi connectivity index (χ4n) is 1.53. The van der Waals surface area contributed by atoms with Gasteiger partial charge < -0.3 is 4.74 Å². The molecule has 0 N–H and O–H groups in total. The molecule has 0 heterocycles. The normalized spacial score (nSPS) is 10.1. The van der Waals surface area contributed by atoms with Gasteiger partial charge in [-0.15, -0.1) is 11.6 Å². The third-order valence-electron chi connectivity index (χ3n) is 2.40. The van der Waals surface area contributed by atoms with Crippen molar-refractivity contribution >= 4 is 17.3 Å². The summed E-state index contributed by atoms with van der Waals surface area (Å²) in [7, 11) is 0. The lowest BCUT2D eigenvalue weighted by Crippen LogP contribution is -1.94. The molecule has 0 amide bonds. The summed E-state index contributed by atoms with van der Waals surface area (Å²) < 4.78 is 5.57. The Morgan fingerprint density at radius 1 is 1.06 bits per heavy atom. The van der Waals surface area contributed by atoms with Gasteiger partial charge in [0.2, 0.25) is 5.75 Å². The summed E-state index contributed by atoms with van der Waals surface area (Å²) in [6.45, 7) is 0. The Morgan fingerprint density at radius 3 is 2.33 bits per heavy atom. The molecule has 0 aliphatic rings. The number of ether oxygens (including phenoxy) is 1. The predicted octanol–water partition coefficient (Wildman–Crippen LogP) is 4.13. The fourth-order valence-corrected chi connectivity index (χ4v) is 1.75. The van der Waals surface area contributed by atoms with Gasteiger partial charge in [0.25, 0.3) is 0 Å². The molecule has 0 saturated heterocycles. The van der Waals surface area contributed by atoms with Gasteiger partial charge in [-0.3, -0.25) is 10.1 Å². The molecule has 0 atom stereocenters. The highest BCUT2D eigenvalue weighted by atomic mass is 35.5. The van der Waals surface area contributed by atoms with Gasteiger partial charge in [0.05, 0.1) is 10.8 Å². The minimum atomic E-state index is -0.474. The van der Waals surface area contributed by atoms with Crippen LogP contribution in [-0.4, -0.2) is 4.92 Å². The van der Waals surface area contributed by atoms with E-state index in [9.17, 15) is 10.1 Å². The summed E-state index contributed by atoms with van der Waals surface area (Å²) in [5.41, 5.74) is 0.721. The summed E-state index contributed by atoms with van der Waals surface area (Å²) >= 11 is 5.79. The van der Waals surface area contributed by atoms with Crippen LogP contribution in [-0.2, 0) is 5.88 Å². The summed E-state index contributed by atoms with van der Waals surface area (Å²) in [6, 6.07) is 13.4. The number of alkyl halides is 1. The Balaban J connectivity index is 2.37. The zero-order valence-electron chi connectivity index (χ0n) is 9.38. The Bertz CT molecular complexity index is 572. The third-order valence-corrected chi connectivity index (χ3v) is 2.69. The van der Waals surface area contributed by atoms with Crippen molar-refractivity contribution in [2.45, 2.75) is 5.88 Å². The van der Waals surface area contributed by atoms with Gasteiger partial charge in [0.1, 0.15) is 5.75 Å². The van der Waals surface area contributed by atoms with Crippen LogP contribution in [0.4, 0.5) is 5.69 Å². The Morgan fingerprint density at radius 2 is 1.67 bits per heavy atom. The SMILES string of the molecule is O=[N+]([O-])c1ccccc1Oc1ccccc1CCl. The lowest BCUT2D eigenvalue weighted by molar-refractivity contribution is -0.385. The minimum absolute atomic E-state index is 0.0677. The molecule has 0 saturated carbocycles. The summed E-state index contributed by atoms with van der Waals surface area (Å²) in [6.07, 6.45) is 0. The fraction of sp³-hybridized carbons (Fsp3) is 0.0769. The smallest absolute Gasteiger partial charge is 0.311 e. The van der Waals surface area contributed by atoms with Crippen LogP contribution in [0, 0.1) is 10.1 Å². The largest absolute Gasteiger partial charge is 0.450 e. The van der Waals surface area contributed by atoms with E-state index in [1.807, 2.05) is 12.1 Å². The van der Waals surface area contributed by atoms with Crippen molar-refractivity contribution in [1.29, 1.82) is 0 Å². The Labute approximate surface area is 109 Å². The first-order valence-corrected chi connectivity index (χ1v) is 5.81. The summed E-state index contributed by atoms with van der Waals surface area (Å²) in [4.78, 5) is 10.4. The maximum atomic E-state index is 10.9. The molecule has 5 heteroatoms. The number of para-hydroxylation sites is 3. The highest BCUT2D eigenvalue weighted by Gasteiger charge is 2.15. The van der Waals surface area contributed by atoms with E-state index in [1.54, 1.807) is 30.3 Å². The van der Waals surface area contributed by atoms with E-state index in [1.165, 1.54) is 6.07 Å². The van der Waals surface area contributed by atoms with Crippen molar-refractivity contribution < 1.29 is 9.66 Å². The topological polar surface area (TPSA) is 52.4 Å². The quantitative estimate of drug-likeness (QED) is 0.473. The highest BCUT2D eigenvalue weighted by molar-refractivity contribution is 6.17. The van der Waals surface area contributed by atoms with Gasteiger partial charge in [-0.2, -0.15) is 0 Å². The van der Waals surface area contributed by atoms with Crippen LogP contribution in [0.3, 0.4) is 0 Å². The third kappa shape index (κ3) is 2.60. The molecular formula is C13H10ClNO3. The molecule has 0 aliphatic carbocycles. The second-order valence-electron chi connectivity index (χ2n) is 3.57. The van der Waals surface area contributed by atoms with E-state index in [2.05, 4.69) is 0 Å².